The molecular formula is C11H12N2O4. The molecule has 0 unspecified atom stereocenters. The van der Waals surface area contributed by atoms with Crippen LogP contribution in [0.2, 0.25) is 0 Å². The van der Waals surface area contributed by atoms with Gasteiger partial charge in [-0.2, -0.15) is 0 Å². The van der Waals surface area contributed by atoms with Crippen LogP contribution in [0.3, 0.4) is 0 Å². The average molecular weight is 236 g/mol. The highest BCUT2D eigenvalue weighted by Gasteiger charge is 2.52. The lowest BCUT2D eigenvalue weighted by Crippen LogP contribution is -2.44. The summed E-state index contributed by atoms with van der Waals surface area (Å²) in [6.07, 6.45) is 2.48. The van der Waals surface area contributed by atoms with E-state index in [1.807, 2.05) is 0 Å². The van der Waals surface area contributed by atoms with Crippen LogP contribution in [0.1, 0.15) is 23.3 Å². The molecule has 1 heterocycles. The first-order valence-corrected chi connectivity index (χ1v) is 5.14. The Morgan fingerprint density at radius 3 is 2.76 bits per heavy atom. The van der Waals surface area contributed by atoms with Crippen LogP contribution < -0.4 is 5.32 Å². The molecule has 0 spiro atoms. The summed E-state index contributed by atoms with van der Waals surface area (Å²) in [7, 11) is 1.27. The number of carbonyl (C=O) groups is 2. The van der Waals surface area contributed by atoms with E-state index in [0.29, 0.717) is 12.8 Å². The van der Waals surface area contributed by atoms with Crippen molar-refractivity contribution in [3.63, 3.8) is 0 Å². The van der Waals surface area contributed by atoms with Crippen molar-refractivity contribution in [1.82, 2.24) is 10.3 Å². The second-order valence-electron chi connectivity index (χ2n) is 3.90. The quantitative estimate of drug-likeness (QED) is 0.733. The van der Waals surface area contributed by atoms with Gasteiger partial charge >= 0.3 is 5.97 Å². The molecule has 1 aliphatic rings. The van der Waals surface area contributed by atoms with Gasteiger partial charge in [0.25, 0.3) is 5.91 Å². The predicted octanol–water partition coefficient (Wildman–Crippen LogP) is 0.223. The fourth-order valence-electron chi connectivity index (χ4n) is 1.55. The van der Waals surface area contributed by atoms with Gasteiger partial charge in [-0.25, -0.2) is 9.78 Å². The predicted molar refractivity (Wildman–Crippen MR) is 57.3 cm³/mol. The van der Waals surface area contributed by atoms with Crippen LogP contribution in [0.4, 0.5) is 0 Å². The smallest absolute Gasteiger partial charge is 0.331 e. The minimum Gasteiger partial charge on any atom is -0.505 e. The largest absolute Gasteiger partial charge is 0.505 e. The maximum absolute atomic E-state index is 11.8. The van der Waals surface area contributed by atoms with Crippen LogP contribution in [0.5, 0.6) is 5.75 Å². The van der Waals surface area contributed by atoms with Gasteiger partial charge in [-0.3, -0.25) is 4.79 Å². The first-order chi connectivity index (χ1) is 8.09. The summed E-state index contributed by atoms with van der Waals surface area (Å²) >= 11 is 0. The summed E-state index contributed by atoms with van der Waals surface area (Å²) < 4.78 is 4.61. The molecule has 1 amide bonds. The topological polar surface area (TPSA) is 88.5 Å². The van der Waals surface area contributed by atoms with Gasteiger partial charge in [-0.05, 0) is 25.0 Å². The monoisotopic (exact) mass is 236 g/mol. The normalized spacial score (nSPS) is 16.1. The highest BCUT2D eigenvalue weighted by Crippen LogP contribution is 2.36. The molecule has 0 aliphatic heterocycles. The third-order valence-corrected chi connectivity index (χ3v) is 2.68. The number of ether oxygens (including phenoxy) is 1. The minimum atomic E-state index is -0.935. The van der Waals surface area contributed by atoms with Crippen LogP contribution in [0.25, 0.3) is 0 Å². The van der Waals surface area contributed by atoms with E-state index in [9.17, 15) is 14.7 Å². The van der Waals surface area contributed by atoms with Gasteiger partial charge in [-0.15, -0.1) is 0 Å². The summed E-state index contributed by atoms with van der Waals surface area (Å²) in [5.74, 6) is -1.27. The number of aromatic hydroxyl groups is 1. The van der Waals surface area contributed by atoms with E-state index in [2.05, 4.69) is 15.0 Å². The molecule has 2 rings (SSSR count). The summed E-state index contributed by atoms with van der Waals surface area (Å²) in [6, 6.07) is 2.87. The fourth-order valence-corrected chi connectivity index (χ4v) is 1.55. The Hall–Kier alpha value is -2.11. The number of rotatable bonds is 3. The zero-order valence-corrected chi connectivity index (χ0v) is 9.27. The summed E-state index contributed by atoms with van der Waals surface area (Å²) in [6.45, 7) is 0. The van der Waals surface area contributed by atoms with Crippen LogP contribution in [-0.4, -0.2) is 34.6 Å². The van der Waals surface area contributed by atoms with Crippen molar-refractivity contribution in [2.75, 3.05) is 7.11 Å². The van der Waals surface area contributed by atoms with E-state index in [1.165, 1.54) is 25.4 Å². The number of carbonyl (C=O) groups excluding carboxylic acids is 2. The summed E-state index contributed by atoms with van der Waals surface area (Å²) in [5, 5.41) is 12.0. The van der Waals surface area contributed by atoms with E-state index >= 15 is 0 Å². The molecular weight excluding hydrogens is 224 g/mol. The number of pyridine rings is 1. The molecule has 0 saturated heterocycles. The van der Waals surface area contributed by atoms with E-state index < -0.39 is 17.4 Å². The van der Waals surface area contributed by atoms with Gasteiger partial charge in [0.05, 0.1) is 7.11 Å². The molecule has 0 aromatic carbocycles. The zero-order valence-electron chi connectivity index (χ0n) is 9.27. The van der Waals surface area contributed by atoms with Crippen molar-refractivity contribution in [3.05, 3.63) is 24.0 Å². The summed E-state index contributed by atoms with van der Waals surface area (Å²) in [5.41, 5.74) is -1.03. The molecule has 17 heavy (non-hydrogen) atoms. The Labute approximate surface area is 97.6 Å². The maximum atomic E-state index is 11.8. The van der Waals surface area contributed by atoms with Gasteiger partial charge < -0.3 is 15.2 Å². The lowest BCUT2D eigenvalue weighted by atomic mass is 10.2. The van der Waals surface area contributed by atoms with Gasteiger partial charge in [0.2, 0.25) is 0 Å². The lowest BCUT2D eigenvalue weighted by Gasteiger charge is -2.14. The Bertz CT molecular complexity index is 468. The third kappa shape index (κ3) is 2.06. The van der Waals surface area contributed by atoms with E-state index in [1.54, 1.807) is 0 Å². The third-order valence-electron chi connectivity index (χ3n) is 2.68. The van der Waals surface area contributed by atoms with Crippen LogP contribution >= 0.6 is 0 Å². The number of hydrogen-bond donors (Lipinski definition) is 2. The second kappa shape index (κ2) is 4.04. The maximum Gasteiger partial charge on any atom is 0.331 e. The zero-order chi connectivity index (χ0) is 12.5. The second-order valence-corrected chi connectivity index (χ2v) is 3.90. The molecule has 0 atom stereocenters. The van der Waals surface area contributed by atoms with Crippen LogP contribution in [0.15, 0.2) is 18.3 Å². The number of hydrogen-bond acceptors (Lipinski definition) is 5. The molecule has 1 aliphatic carbocycles. The molecule has 1 saturated carbocycles. The molecule has 0 bridgehead atoms. The van der Waals surface area contributed by atoms with Crippen molar-refractivity contribution < 1.29 is 19.4 Å². The molecule has 2 N–H and O–H groups in total. The van der Waals surface area contributed by atoms with Gasteiger partial charge in [0.15, 0.2) is 5.69 Å². The van der Waals surface area contributed by atoms with E-state index in [4.69, 9.17) is 0 Å². The average Bonchev–Trinajstić information content (AvgIpc) is 3.09. The highest BCUT2D eigenvalue weighted by atomic mass is 16.5. The van der Waals surface area contributed by atoms with Crippen molar-refractivity contribution in [1.29, 1.82) is 0 Å². The minimum absolute atomic E-state index is 0.0947. The standard InChI is InChI=1S/C11H12N2O4/c1-17-10(16)11(4-5-11)13-9(15)8-7(14)3-2-6-12-8/h2-3,6,14H,4-5H2,1H3,(H,13,15). The Morgan fingerprint density at radius 2 is 2.24 bits per heavy atom. The molecule has 1 fully saturated rings. The fraction of sp³-hybridized carbons (Fsp3) is 0.364. The molecule has 90 valence electrons. The van der Waals surface area contributed by atoms with Crippen molar-refractivity contribution in [2.24, 2.45) is 0 Å². The number of methoxy groups -OCH3 is 1. The summed E-state index contributed by atoms with van der Waals surface area (Å²) in [4.78, 5) is 27.0. The van der Waals surface area contributed by atoms with Crippen LogP contribution in [0, 0.1) is 0 Å². The van der Waals surface area contributed by atoms with Gasteiger partial charge in [0, 0.05) is 6.20 Å². The molecule has 1 aromatic heterocycles. The number of esters is 1. The molecule has 6 heteroatoms. The lowest BCUT2D eigenvalue weighted by molar-refractivity contribution is -0.144. The number of nitrogens with one attached hydrogen (secondary N) is 1. The molecule has 6 nitrogen and oxygen atoms in total. The Morgan fingerprint density at radius 1 is 1.53 bits per heavy atom. The SMILES string of the molecule is COC(=O)C1(NC(=O)c2ncccc2O)CC1. The van der Waals surface area contributed by atoms with Crippen molar-refractivity contribution >= 4 is 11.9 Å². The van der Waals surface area contributed by atoms with Crippen LogP contribution in [-0.2, 0) is 9.53 Å². The highest BCUT2D eigenvalue weighted by molar-refractivity contribution is 5.99. The Balaban J connectivity index is 2.13. The van der Waals surface area contributed by atoms with Crippen molar-refractivity contribution in [3.8, 4) is 5.75 Å². The number of amides is 1. The molecule has 0 radical (unpaired) electrons. The van der Waals surface area contributed by atoms with Crippen molar-refractivity contribution in [2.45, 2.75) is 18.4 Å². The number of aromatic nitrogens is 1. The van der Waals surface area contributed by atoms with E-state index in [0.717, 1.165) is 0 Å². The Kier molecular flexibility index (Phi) is 2.71. The number of nitrogens with zero attached hydrogens (tertiary/aromatic N) is 1. The van der Waals surface area contributed by atoms with Gasteiger partial charge in [-0.1, -0.05) is 0 Å². The van der Waals surface area contributed by atoms with E-state index in [-0.39, 0.29) is 11.4 Å². The molecule has 1 aromatic rings. The first-order valence-electron chi connectivity index (χ1n) is 5.14. The first kappa shape index (κ1) is 11.4. The van der Waals surface area contributed by atoms with Gasteiger partial charge in [0.1, 0.15) is 11.3 Å².